The first-order chi connectivity index (χ1) is 7.03. The molecule has 0 saturated carbocycles. The van der Waals surface area contributed by atoms with Crippen molar-refractivity contribution in [3.63, 3.8) is 0 Å². The van der Waals surface area contributed by atoms with E-state index in [1.807, 2.05) is 24.3 Å². The number of aliphatic carboxylic acids is 1. The fourth-order valence-electron chi connectivity index (χ4n) is 2.33. The minimum Gasteiger partial charge on any atom is -0.480 e. The lowest BCUT2D eigenvalue weighted by atomic mass is 9.82. The van der Waals surface area contributed by atoms with Crippen molar-refractivity contribution in [2.24, 2.45) is 5.73 Å². The Bertz CT molecular complexity index is 398. The number of fused-ring (bicyclic) bond motifs is 1. The minimum absolute atomic E-state index is 0.0637. The topological polar surface area (TPSA) is 63.3 Å². The van der Waals surface area contributed by atoms with Crippen molar-refractivity contribution < 1.29 is 9.90 Å². The second kappa shape index (κ2) is 3.35. The molecule has 2 rings (SSSR count). The van der Waals surface area contributed by atoms with Crippen LogP contribution in [0.4, 0.5) is 0 Å². The van der Waals surface area contributed by atoms with Crippen molar-refractivity contribution in [3.05, 3.63) is 35.4 Å². The zero-order valence-corrected chi connectivity index (χ0v) is 8.73. The Kier molecular flexibility index (Phi) is 2.27. The second-order valence-corrected chi connectivity index (χ2v) is 4.38. The molecule has 1 aliphatic carbocycles. The van der Waals surface area contributed by atoms with Crippen LogP contribution in [-0.2, 0) is 11.2 Å². The molecule has 0 saturated heterocycles. The summed E-state index contributed by atoms with van der Waals surface area (Å²) in [6.45, 7) is 1.60. The summed E-state index contributed by atoms with van der Waals surface area (Å²) in [6, 6.07) is 7.96. The zero-order valence-electron chi connectivity index (χ0n) is 8.73. The summed E-state index contributed by atoms with van der Waals surface area (Å²) in [5.41, 5.74) is 7.06. The molecular weight excluding hydrogens is 190 g/mol. The van der Waals surface area contributed by atoms with Crippen LogP contribution in [0.25, 0.3) is 0 Å². The highest BCUT2D eigenvalue weighted by molar-refractivity contribution is 5.80. The number of benzene rings is 1. The van der Waals surface area contributed by atoms with Crippen molar-refractivity contribution in [2.45, 2.75) is 31.2 Å². The molecule has 0 aliphatic heterocycles. The van der Waals surface area contributed by atoms with Crippen LogP contribution in [0.2, 0.25) is 0 Å². The van der Waals surface area contributed by atoms with E-state index in [1.54, 1.807) is 6.92 Å². The average molecular weight is 205 g/mol. The van der Waals surface area contributed by atoms with Crippen molar-refractivity contribution in [3.8, 4) is 0 Å². The van der Waals surface area contributed by atoms with E-state index in [4.69, 9.17) is 10.8 Å². The Morgan fingerprint density at radius 3 is 2.87 bits per heavy atom. The maximum Gasteiger partial charge on any atom is 0.324 e. The summed E-state index contributed by atoms with van der Waals surface area (Å²) in [4.78, 5) is 11.1. The molecule has 1 aromatic rings. The van der Waals surface area contributed by atoms with Gasteiger partial charge in [0.2, 0.25) is 0 Å². The molecule has 1 unspecified atom stereocenters. The Hall–Kier alpha value is -1.35. The van der Waals surface area contributed by atoms with Gasteiger partial charge in [-0.25, -0.2) is 0 Å². The summed E-state index contributed by atoms with van der Waals surface area (Å²) in [5, 5.41) is 9.10. The van der Waals surface area contributed by atoms with Gasteiger partial charge in [-0.05, 0) is 30.9 Å². The summed E-state index contributed by atoms with van der Waals surface area (Å²) in [6.07, 6.45) is 1.76. The first-order valence-electron chi connectivity index (χ1n) is 5.13. The van der Waals surface area contributed by atoms with E-state index in [0.29, 0.717) is 0 Å². The van der Waals surface area contributed by atoms with Gasteiger partial charge in [-0.3, -0.25) is 4.79 Å². The van der Waals surface area contributed by atoms with E-state index < -0.39 is 11.5 Å². The number of rotatable bonds is 2. The average Bonchev–Trinajstić information content (AvgIpc) is 2.61. The van der Waals surface area contributed by atoms with E-state index in [2.05, 4.69) is 0 Å². The van der Waals surface area contributed by atoms with E-state index in [0.717, 1.165) is 18.4 Å². The van der Waals surface area contributed by atoms with Crippen LogP contribution >= 0.6 is 0 Å². The van der Waals surface area contributed by atoms with Crippen LogP contribution in [-0.4, -0.2) is 16.6 Å². The number of carbonyl (C=O) groups is 1. The van der Waals surface area contributed by atoms with Gasteiger partial charge in [0, 0.05) is 5.92 Å². The monoisotopic (exact) mass is 205 g/mol. The van der Waals surface area contributed by atoms with Gasteiger partial charge in [-0.2, -0.15) is 0 Å². The van der Waals surface area contributed by atoms with E-state index in [-0.39, 0.29) is 5.92 Å². The predicted molar refractivity (Wildman–Crippen MR) is 57.7 cm³/mol. The number of hydrogen-bond acceptors (Lipinski definition) is 2. The Morgan fingerprint density at radius 1 is 1.53 bits per heavy atom. The van der Waals surface area contributed by atoms with Gasteiger partial charge >= 0.3 is 5.97 Å². The van der Waals surface area contributed by atoms with Gasteiger partial charge in [0.25, 0.3) is 0 Å². The Morgan fingerprint density at radius 2 is 2.20 bits per heavy atom. The molecular formula is C12H15NO2. The molecule has 0 fully saturated rings. The normalized spacial score (nSPS) is 23.2. The minimum atomic E-state index is -1.16. The zero-order chi connectivity index (χ0) is 11.1. The van der Waals surface area contributed by atoms with Gasteiger partial charge in [0.1, 0.15) is 5.54 Å². The van der Waals surface area contributed by atoms with Crippen molar-refractivity contribution in [1.82, 2.24) is 0 Å². The quantitative estimate of drug-likeness (QED) is 0.769. The molecule has 0 aromatic heterocycles. The highest BCUT2D eigenvalue weighted by Gasteiger charge is 2.41. The molecule has 3 heteroatoms. The number of aryl methyl sites for hydroxylation is 1. The van der Waals surface area contributed by atoms with Crippen LogP contribution in [0.1, 0.15) is 30.4 Å². The molecule has 0 radical (unpaired) electrons. The molecule has 3 nitrogen and oxygen atoms in total. The number of hydrogen-bond donors (Lipinski definition) is 2. The summed E-state index contributed by atoms with van der Waals surface area (Å²) in [7, 11) is 0. The van der Waals surface area contributed by atoms with Gasteiger partial charge < -0.3 is 10.8 Å². The van der Waals surface area contributed by atoms with Crippen molar-refractivity contribution in [1.29, 1.82) is 0 Å². The largest absolute Gasteiger partial charge is 0.480 e. The molecule has 80 valence electrons. The second-order valence-electron chi connectivity index (χ2n) is 4.38. The summed E-state index contributed by atoms with van der Waals surface area (Å²) >= 11 is 0. The Labute approximate surface area is 88.9 Å². The lowest BCUT2D eigenvalue weighted by Crippen LogP contribution is -2.49. The highest BCUT2D eigenvalue weighted by Crippen LogP contribution is 2.39. The standard InChI is InChI=1S/C12H15NO2/c1-12(13,11(14)15)10-7-6-8-4-2-3-5-9(8)10/h2-5,10H,6-7,13H2,1H3,(H,14,15)/t10?,12-/m1/s1. The first kappa shape index (κ1) is 10.2. The predicted octanol–water partition coefficient (Wildman–Crippen LogP) is 1.52. The smallest absolute Gasteiger partial charge is 0.324 e. The van der Waals surface area contributed by atoms with E-state index in [9.17, 15) is 4.79 Å². The Balaban J connectivity index is 2.39. The van der Waals surface area contributed by atoms with Crippen LogP contribution in [0.15, 0.2) is 24.3 Å². The first-order valence-corrected chi connectivity index (χ1v) is 5.13. The number of carboxylic acid groups (broad SMARTS) is 1. The van der Waals surface area contributed by atoms with Crippen LogP contribution in [0, 0.1) is 0 Å². The van der Waals surface area contributed by atoms with Gasteiger partial charge in [0.15, 0.2) is 0 Å². The third-order valence-electron chi connectivity index (χ3n) is 3.32. The van der Waals surface area contributed by atoms with E-state index in [1.165, 1.54) is 5.56 Å². The van der Waals surface area contributed by atoms with Crippen LogP contribution in [0.3, 0.4) is 0 Å². The fourth-order valence-corrected chi connectivity index (χ4v) is 2.33. The van der Waals surface area contributed by atoms with Gasteiger partial charge in [0.05, 0.1) is 0 Å². The van der Waals surface area contributed by atoms with E-state index >= 15 is 0 Å². The van der Waals surface area contributed by atoms with Gasteiger partial charge in [-0.1, -0.05) is 24.3 Å². The fraction of sp³-hybridized carbons (Fsp3) is 0.417. The highest BCUT2D eigenvalue weighted by atomic mass is 16.4. The molecule has 0 bridgehead atoms. The summed E-state index contributed by atoms with van der Waals surface area (Å²) < 4.78 is 0. The van der Waals surface area contributed by atoms with Crippen LogP contribution in [0.5, 0.6) is 0 Å². The maximum absolute atomic E-state index is 11.1. The molecule has 0 heterocycles. The lowest BCUT2D eigenvalue weighted by molar-refractivity contribution is -0.143. The molecule has 0 amide bonds. The number of carboxylic acids is 1. The van der Waals surface area contributed by atoms with Crippen molar-refractivity contribution >= 4 is 5.97 Å². The third-order valence-corrected chi connectivity index (χ3v) is 3.32. The van der Waals surface area contributed by atoms with Crippen molar-refractivity contribution in [2.75, 3.05) is 0 Å². The molecule has 2 atom stereocenters. The number of nitrogens with two attached hydrogens (primary N) is 1. The molecule has 3 N–H and O–H groups in total. The molecule has 15 heavy (non-hydrogen) atoms. The SMILES string of the molecule is C[C@](N)(C(=O)O)C1CCc2ccccc21. The molecule has 1 aromatic carbocycles. The van der Waals surface area contributed by atoms with Crippen LogP contribution < -0.4 is 5.73 Å². The third kappa shape index (κ3) is 1.53. The maximum atomic E-state index is 11.1. The van der Waals surface area contributed by atoms with Gasteiger partial charge in [-0.15, -0.1) is 0 Å². The molecule has 1 aliphatic rings. The lowest BCUT2D eigenvalue weighted by Gasteiger charge is -2.27. The summed E-state index contributed by atoms with van der Waals surface area (Å²) in [5.74, 6) is -0.990. The molecule has 0 spiro atoms.